The van der Waals surface area contributed by atoms with Crippen LogP contribution in [0.1, 0.15) is 22.8 Å². The zero-order valence-corrected chi connectivity index (χ0v) is 15.9. The minimum absolute atomic E-state index is 0.0410. The molecule has 4 nitrogen and oxygen atoms in total. The Morgan fingerprint density at radius 1 is 1.11 bits per heavy atom. The van der Waals surface area contributed by atoms with Crippen molar-refractivity contribution in [3.63, 3.8) is 0 Å². The highest BCUT2D eigenvalue weighted by molar-refractivity contribution is 9.10. The van der Waals surface area contributed by atoms with E-state index in [0.717, 1.165) is 32.9 Å². The van der Waals surface area contributed by atoms with Crippen molar-refractivity contribution in [2.24, 2.45) is 0 Å². The average molecular weight is 428 g/mol. The van der Waals surface area contributed by atoms with Crippen molar-refractivity contribution in [3.05, 3.63) is 81.6 Å². The Labute approximate surface area is 163 Å². The van der Waals surface area contributed by atoms with Crippen LogP contribution in [0.15, 0.2) is 64.6 Å². The van der Waals surface area contributed by atoms with Gasteiger partial charge in [0.1, 0.15) is 5.82 Å². The Kier molecular flexibility index (Phi) is 5.37. The molecule has 6 heteroatoms. The van der Waals surface area contributed by atoms with Crippen LogP contribution < -0.4 is 5.32 Å². The van der Waals surface area contributed by atoms with Gasteiger partial charge >= 0.3 is 5.97 Å². The van der Waals surface area contributed by atoms with Gasteiger partial charge in [0.05, 0.1) is 11.3 Å². The number of hydrogen-bond donors (Lipinski definition) is 2. The van der Waals surface area contributed by atoms with E-state index in [4.69, 9.17) is 0 Å². The normalized spacial score (nSPS) is 11.4. The van der Waals surface area contributed by atoms with Crippen molar-refractivity contribution in [2.75, 3.05) is 5.32 Å². The number of aromatic carboxylic acids is 1. The SMILES string of the molecule is CC(=Cc1ccc2ccccc2c1Br)C(=O)Nc1ccc(F)cc1C(=O)O. The number of carboxylic acid groups (broad SMARTS) is 1. The highest BCUT2D eigenvalue weighted by atomic mass is 79.9. The second-order valence-corrected chi connectivity index (χ2v) is 6.76. The number of fused-ring (bicyclic) bond motifs is 1. The molecular formula is C21H15BrFNO3. The maximum Gasteiger partial charge on any atom is 0.337 e. The third-order valence-electron chi connectivity index (χ3n) is 4.08. The van der Waals surface area contributed by atoms with Gasteiger partial charge in [-0.05, 0) is 63.5 Å². The predicted molar refractivity (Wildman–Crippen MR) is 107 cm³/mol. The molecule has 0 saturated heterocycles. The Balaban J connectivity index is 1.90. The second kappa shape index (κ2) is 7.72. The van der Waals surface area contributed by atoms with Crippen LogP contribution in [0.2, 0.25) is 0 Å². The van der Waals surface area contributed by atoms with E-state index < -0.39 is 17.7 Å². The number of benzene rings is 3. The van der Waals surface area contributed by atoms with Crippen LogP contribution in [0, 0.1) is 5.82 Å². The molecular weight excluding hydrogens is 413 g/mol. The molecule has 0 bridgehead atoms. The molecule has 0 heterocycles. The van der Waals surface area contributed by atoms with E-state index in [2.05, 4.69) is 21.2 Å². The van der Waals surface area contributed by atoms with Crippen molar-refractivity contribution < 1.29 is 19.1 Å². The zero-order valence-electron chi connectivity index (χ0n) is 14.3. The lowest BCUT2D eigenvalue weighted by Crippen LogP contribution is -2.15. The molecule has 3 aromatic carbocycles. The first kappa shape index (κ1) is 18.8. The topological polar surface area (TPSA) is 66.4 Å². The van der Waals surface area contributed by atoms with Crippen LogP contribution in [-0.4, -0.2) is 17.0 Å². The van der Waals surface area contributed by atoms with E-state index in [1.165, 1.54) is 6.07 Å². The number of carbonyl (C=O) groups is 2. The molecule has 1 amide bonds. The largest absolute Gasteiger partial charge is 0.478 e. The first-order valence-corrected chi connectivity index (χ1v) is 8.86. The number of carbonyl (C=O) groups excluding carboxylic acids is 1. The highest BCUT2D eigenvalue weighted by Gasteiger charge is 2.15. The Morgan fingerprint density at radius 2 is 1.85 bits per heavy atom. The average Bonchev–Trinajstić information content (AvgIpc) is 2.65. The summed E-state index contributed by atoms with van der Waals surface area (Å²) in [6, 6.07) is 14.9. The first-order valence-electron chi connectivity index (χ1n) is 8.06. The van der Waals surface area contributed by atoms with Crippen LogP contribution >= 0.6 is 15.9 Å². The van der Waals surface area contributed by atoms with E-state index in [1.54, 1.807) is 13.0 Å². The second-order valence-electron chi connectivity index (χ2n) is 5.97. The van der Waals surface area contributed by atoms with Gasteiger partial charge in [0.25, 0.3) is 5.91 Å². The van der Waals surface area contributed by atoms with Crippen LogP contribution in [0.4, 0.5) is 10.1 Å². The number of rotatable bonds is 4. The summed E-state index contributed by atoms with van der Waals surface area (Å²) in [6.45, 7) is 1.63. The van der Waals surface area contributed by atoms with E-state index >= 15 is 0 Å². The van der Waals surface area contributed by atoms with Gasteiger partial charge in [-0.2, -0.15) is 0 Å². The van der Waals surface area contributed by atoms with Gasteiger partial charge in [0.15, 0.2) is 0 Å². The number of hydrogen-bond acceptors (Lipinski definition) is 2. The van der Waals surface area contributed by atoms with Crippen molar-refractivity contribution in [1.82, 2.24) is 0 Å². The summed E-state index contributed by atoms with van der Waals surface area (Å²) in [6.07, 6.45) is 1.70. The number of amides is 1. The van der Waals surface area contributed by atoms with Crippen LogP contribution in [-0.2, 0) is 4.79 Å². The minimum Gasteiger partial charge on any atom is -0.478 e. The number of nitrogens with one attached hydrogen (secondary N) is 1. The molecule has 0 aliphatic carbocycles. The first-order chi connectivity index (χ1) is 12.9. The van der Waals surface area contributed by atoms with Gasteiger partial charge in [-0.15, -0.1) is 0 Å². The summed E-state index contributed by atoms with van der Waals surface area (Å²) >= 11 is 3.57. The van der Waals surface area contributed by atoms with Crippen LogP contribution in [0.5, 0.6) is 0 Å². The molecule has 0 aliphatic heterocycles. The van der Waals surface area contributed by atoms with Crippen molar-refractivity contribution in [3.8, 4) is 0 Å². The molecule has 0 saturated carbocycles. The number of carboxylic acids is 1. The standard InChI is InChI=1S/C21H15BrFNO3/c1-12(10-14-7-6-13-4-2-3-5-16(13)19(14)22)20(25)24-18-9-8-15(23)11-17(18)21(26)27/h2-11H,1H3,(H,24,25)(H,26,27). The summed E-state index contributed by atoms with van der Waals surface area (Å²) in [5.41, 5.74) is 0.938. The summed E-state index contributed by atoms with van der Waals surface area (Å²) in [7, 11) is 0. The quantitative estimate of drug-likeness (QED) is 0.541. The van der Waals surface area contributed by atoms with Gasteiger partial charge in [0, 0.05) is 10.0 Å². The zero-order chi connectivity index (χ0) is 19.6. The van der Waals surface area contributed by atoms with Gasteiger partial charge in [-0.25, -0.2) is 9.18 Å². The third kappa shape index (κ3) is 4.06. The summed E-state index contributed by atoms with van der Waals surface area (Å²) < 4.78 is 14.1. The van der Waals surface area contributed by atoms with Gasteiger partial charge in [0.2, 0.25) is 0 Å². The van der Waals surface area contributed by atoms with Gasteiger partial charge < -0.3 is 10.4 Å². The van der Waals surface area contributed by atoms with Crippen LogP contribution in [0.3, 0.4) is 0 Å². The summed E-state index contributed by atoms with van der Waals surface area (Å²) in [4.78, 5) is 23.7. The molecule has 0 aromatic heterocycles. The van der Waals surface area contributed by atoms with Crippen LogP contribution in [0.25, 0.3) is 16.8 Å². The highest BCUT2D eigenvalue weighted by Crippen LogP contribution is 2.29. The molecule has 2 N–H and O–H groups in total. The molecule has 0 unspecified atom stereocenters. The van der Waals surface area contributed by atoms with Crippen molar-refractivity contribution >= 4 is 50.3 Å². The lowest BCUT2D eigenvalue weighted by molar-refractivity contribution is -0.112. The predicted octanol–water partition coefficient (Wildman–Crippen LogP) is 5.48. The lowest BCUT2D eigenvalue weighted by Gasteiger charge is -2.10. The molecule has 27 heavy (non-hydrogen) atoms. The number of halogens is 2. The fourth-order valence-electron chi connectivity index (χ4n) is 2.68. The molecule has 0 fully saturated rings. The Morgan fingerprint density at radius 3 is 2.59 bits per heavy atom. The number of anilines is 1. The Hall–Kier alpha value is -2.99. The third-order valence-corrected chi connectivity index (χ3v) is 4.97. The minimum atomic E-state index is -1.32. The Bertz CT molecular complexity index is 1090. The fourth-order valence-corrected chi connectivity index (χ4v) is 3.29. The van der Waals surface area contributed by atoms with Gasteiger partial charge in [-0.3, -0.25) is 4.79 Å². The summed E-state index contributed by atoms with van der Waals surface area (Å²) in [5.74, 6) is -2.47. The lowest BCUT2D eigenvalue weighted by atomic mass is 10.0. The molecule has 0 aliphatic rings. The molecule has 0 spiro atoms. The van der Waals surface area contributed by atoms with Crippen molar-refractivity contribution in [1.29, 1.82) is 0 Å². The molecule has 0 radical (unpaired) electrons. The fraction of sp³-hybridized carbons (Fsp3) is 0.0476. The maximum atomic E-state index is 13.3. The van der Waals surface area contributed by atoms with E-state index in [0.29, 0.717) is 5.57 Å². The molecule has 136 valence electrons. The molecule has 0 atom stereocenters. The monoisotopic (exact) mass is 427 g/mol. The molecule has 3 aromatic rings. The van der Waals surface area contributed by atoms with Gasteiger partial charge in [-0.1, -0.05) is 36.4 Å². The molecule has 3 rings (SSSR count). The summed E-state index contributed by atoms with van der Waals surface area (Å²) in [5, 5.41) is 13.8. The van der Waals surface area contributed by atoms with E-state index in [9.17, 15) is 19.1 Å². The van der Waals surface area contributed by atoms with E-state index in [-0.39, 0.29) is 11.3 Å². The maximum absolute atomic E-state index is 13.3. The van der Waals surface area contributed by atoms with E-state index in [1.807, 2.05) is 36.4 Å². The smallest absolute Gasteiger partial charge is 0.337 e. The van der Waals surface area contributed by atoms with Crippen molar-refractivity contribution in [2.45, 2.75) is 6.92 Å².